The fraction of sp³-hybridized carbons (Fsp3) is 0.360. The van der Waals surface area contributed by atoms with Crippen molar-refractivity contribution in [2.45, 2.75) is 50.9 Å². The Hall–Kier alpha value is -3.10. The van der Waals surface area contributed by atoms with E-state index in [0.29, 0.717) is 17.0 Å². The number of carbonyl (C=O) groups is 1. The van der Waals surface area contributed by atoms with Crippen LogP contribution in [0.15, 0.2) is 60.8 Å². The number of rotatable bonds is 10. The molecule has 0 aliphatic carbocycles. The highest BCUT2D eigenvalue weighted by Gasteiger charge is 2.40. The van der Waals surface area contributed by atoms with Crippen LogP contribution < -0.4 is 15.8 Å². The molecule has 3 rings (SSSR count). The smallest absolute Gasteiger partial charge is 0.324 e. The van der Waals surface area contributed by atoms with Gasteiger partial charge in [0.05, 0.1) is 12.1 Å². The van der Waals surface area contributed by atoms with Gasteiger partial charge in [0, 0.05) is 30.8 Å². The lowest BCUT2D eigenvalue weighted by atomic mass is 10.0. The van der Waals surface area contributed by atoms with Gasteiger partial charge in [0.15, 0.2) is 0 Å². The molecular formula is C25H29F2N3O3. The summed E-state index contributed by atoms with van der Waals surface area (Å²) in [7, 11) is 0. The van der Waals surface area contributed by atoms with Crippen LogP contribution in [-0.4, -0.2) is 40.6 Å². The third-order valence-corrected chi connectivity index (χ3v) is 5.28. The number of benzene rings is 2. The second-order valence-corrected chi connectivity index (χ2v) is 8.24. The van der Waals surface area contributed by atoms with Crippen molar-refractivity contribution >= 4 is 16.7 Å². The number of hydrogen-bond donors (Lipinski definition) is 3. The number of aromatic nitrogens is 1. The summed E-state index contributed by atoms with van der Waals surface area (Å²) >= 11 is 0. The average Bonchev–Trinajstić information content (AvgIpc) is 2.80. The largest absolute Gasteiger partial charge is 0.475 e. The molecule has 8 heteroatoms. The minimum Gasteiger partial charge on any atom is -0.475 e. The van der Waals surface area contributed by atoms with E-state index in [9.17, 15) is 18.7 Å². The molecule has 0 aliphatic heterocycles. The highest BCUT2D eigenvalue weighted by Crippen LogP contribution is 2.25. The number of hydrogen-bond acceptors (Lipinski definition) is 5. The molecular weight excluding hydrogens is 428 g/mol. The van der Waals surface area contributed by atoms with Crippen molar-refractivity contribution in [1.82, 2.24) is 10.3 Å². The predicted molar refractivity (Wildman–Crippen MR) is 123 cm³/mol. The molecule has 0 bridgehead atoms. The van der Waals surface area contributed by atoms with Crippen molar-refractivity contribution in [1.29, 1.82) is 0 Å². The molecule has 1 amide bonds. The number of aliphatic hydroxyl groups is 1. The molecule has 1 aromatic heterocycles. The summed E-state index contributed by atoms with van der Waals surface area (Å²) in [6.07, 6.45) is -0.623. The second-order valence-electron chi connectivity index (χ2n) is 8.24. The van der Waals surface area contributed by atoms with Crippen molar-refractivity contribution in [3.05, 3.63) is 71.9 Å². The van der Waals surface area contributed by atoms with E-state index in [-0.39, 0.29) is 19.1 Å². The molecule has 6 nitrogen and oxygen atoms in total. The number of nitrogens with zero attached hydrogens (tertiary/aromatic N) is 1. The van der Waals surface area contributed by atoms with E-state index >= 15 is 0 Å². The van der Waals surface area contributed by atoms with E-state index in [1.54, 1.807) is 18.2 Å². The van der Waals surface area contributed by atoms with Crippen molar-refractivity contribution in [2.75, 3.05) is 6.54 Å². The molecule has 0 aliphatic rings. The van der Waals surface area contributed by atoms with Crippen LogP contribution in [0.25, 0.3) is 10.8 Å². The quantitative estimate of drug-likeness (QED) is 0.431. The van der Waals surface area contributed by atoms with Crippen molar-refractivity contribution in [2.24, 2.45) is 5.73 Å². The maximum Gasteiger partial charge on any atom is 0.324 e. The Morgan fingerprint density at radius 3 is 2.52 bits per heavy atom. The molecule has 0 saturated carbocycles. The zero-order valence-corrected chi connectivity index (χ0v) is 18.7. The summed E-state index contributed by atoms with van der Waals surface area (Å²) < 4.78 is 34.6. The zero-order chi connectivity index (χ0) is 24.0. The topological polar surface area (TPSA) is 97.5 Å². The standard InChI is InChI=1S/C25H29F2N3O3/c1-16(2)33-22-10-9-20(15-29-22)23(31)21(14-28)30-24(32)25(26,27)12-11-17-7-8-18-5-3-4-6-19(18)13-17/h3-10,13,15-16,21,23,31H,11-12,14,28H2,1-2H3,(H,30,32)/t21-,23-/m1/s1. The number of fused-ring (bicyclic) bond motifs is 1. The van der Waals surface area contributed by atoms with Crippen molar-refractivity contribution in [3.8, 4) is 5.88 Å². The first kappa shape index (κ1) is 24.5. The molecule has 0 unspecified atom stereocenters. The zero-order valence-electron chi connectivity index (χ0n) is 18.7. The SMILES string of the molecule is CC(C)Oc1ccc([C@@H](O)[C@@H](CN)NC(=O)C(F)(F)CCc2ccc3ccccc3c2)cn1. The first-order valence-corrected chi connectivity index (χ1v) is 10.9. The third-order valence-electron chi connectivity index (χ3n) is 5.28. The van der Waals surface area contributed by atoms with Crippen LogP contribution in [0.5, 0.6) is 5.88 Å². The normalized spacial score (nSPS) is 13.7. The molecule has 0 spiro atoms. The molecule has 33 heavy (non-hydrogen) atoms. The summed E-state index contributed by atoms with van der Waals surface area (Å²) in [5.74, 6) is -4.72. The maximum absolute atomic E-state index is 14.6. The first-order valence-electron chi connectivity index (χ1n) is 10.9. The van der Waals surface area contributed by atoms with Crippen LogP contribution in [0.4, 0.5) is 8.78 Å². The molecule has 4 N–H and O–H groups in total. The molecule has 0 fully saturated rings. The van der Waals surface area contributed by atoms with Gasteiger partial charge in [-0.1, -0.05) is 42.5 Å². The number of carbonyl (C=O) groups excluding carboxylic acids is 1. The molecule has 2 aromatic carbocycles. The van der Waals surface area contributed by atoms with E-state index < -0.39 is 30.4 Å². The Bertz CT molecular complexity index is 1070. The molecule has 0 radical (unpaired) electrons. The molecule has 1 heterocycles. The summed E-state index contributed by atoms with van der Waals surface area (Å²) in [5, 5.41) is 14.7. The second kappa shape index (κ2) is 10.7. The van der Waals surface area contributed by atoms with Gasteiger partial charge in [0.25, 0.3) is 5.91 Å². The highest BCUT2D eigenvalue weighted by atomic mass is 19.3. The van der Waals surface area contributed by atoms with E-state index in [1.807, 2.05) is 50.2 Å². The Kier molecular flexibility index (Phi) is 7.94. The number of nitrogens with two attached hydrogens (primary N) is 1. The van der Waals surface area contributed by atoms with E-state index in [1.165, 1.54) is 6.20 Å². The summed E-state index contributed by atoms with van der Waals surface area (Å²) in [6.45, 7) is 3.48. The van der Waals surface area contributed by atoms with Gasteiger partial charge in [-0.05, 0) is 42.7 Å². The number of nitrogens with one attached hydrogen (secondary N) is 1. The van der Waals surface area contributed by atoms with E-state index in [0.717, 1.165) is 10.8 Å². The number of amides is 1. The minimum atomic E-state index is -3.62. The number of pyridine rings is 1. The summed E-state index contributed by atoms with van der Waals surface area (Å²) in [6, 6.07) is 15.2. The number of halogens is 2. The average molecular weight is 458 g/mol. The van der Waals surface area contributed by atoms with Crippen LogP contribution in [0.3, 0.4) is 0 Å². The van der Waals surface area contributed by atoms with Crippen LogP contribution >= 0.6 is 0 Å². The lowest BCUT2D eigenvalue weighted by Gasteiger charge is -2.25. The molecule has 176 valence electrons. The van der Waals surface area contributed by atoms with Gasteiger partial charge in [-0.2, -0.15) is 8.78 Å². The number of alkyl halides is 2. The van der Waals surface area contributed by atoms with Gasteiger partial charge >= 0.3 is 5.92 Å². The van der Waals surface area contributed by atoms with Gasteiger partial charge in [-0.3, -0.25) is 4.79 Å². The van der Waals surface area contributed by atoms with Gasteiger partial charge in [-0.25, -0.2) is 4.98 Å². The highest BCUT2D eigenvalue weighted by molar-refractivity contribution is 5.84. The van der Waals surface area contributed by atoms with Crippen LogP contribution in [0, 0.1) is 0 Å². The fourth-order valence-electron chi connectivity index (χ4n) is 3.46. The molecule has 0 saturated heterocycles. The number of aryl methyl sites for hydroxylation is 1. The van der Waals surface area contributed by atoms with Gasteiger partial charge < -0.3 is 20.9 Å². The molecule has 2 atom stereocenters. The number of aliphatic hydroxyl groups excluding tert-OH is 1. The van der Waals surface area contributed by atoms with Gasteiger partial charge in [0.2, 0.25) is 5.88 Å². The van der Waals surface area contributed by atoms with E-state index in [2.05, 4.69) is 10.3 Å². The predicted octanol–water partition coefficient (Wildman–Crippen LogP) is 3.77. The van der Waals surface area contributed by atoms with Gasteiger partial charge in [-0.15, -0.1) is 0 Å². The van der Waals surface area contributed by atoms with Crippen molar-refractivity contribution in [3.63, 3.8) is 0 Å². The summed E-state index contributed by atoms with van der Waals surface area (Å²) in [5.41, 5.74) is 6.70. The van der Waals surface area contributed by atoms with Crippen LogP contribution in [0.2, 0.25) is 0 Å². The lowest BCUT2D eigenvalue weighted by molar-refractivity contribution is -0.148. The van der Waals surface area contributed by atoms with Crippen LogP contribution in [-0.2, 0) is 11.2 Å². The monoisotopic (exact) mass is 457 g/mol. The van der Waals surface area contributed by atoms with Crippen molar-refractivity contribution < 1.29 is 23.4 Å². The number of ether oxygens (including phenoxy) is 1. The fourth-order valence-corrected chi connectivity index (χ4v) is 3.46. The Labute approximate surface area is 191 Å². The Morgan fingerprint density at radius 1 is 1.15 bits per heavy atom. The Balaban J connectivity index is 1.61. The third kappa shape index (κ3) is 6.46. The Morgan fingerprint density at radius 2 is 1.88 bits per heavy atom. The van der Waals surface area contributed by atoms with Gasteiger partial charge in [0.1, 0.15) is 6.10 Å². The summed E-state index contributed by atoms with van der Waals surface area (Å²) in [4.78, 5) is 16.4. The lowest BCUT2D eigenvalue weighted by Crippen LogP contribution is -2.50. The van der Waals surface area contributed by atoms with Crippen LogP contribution in [0.1, 0.15) is 37.5 Å². The maximum atomic E-state index is 14.6. The minimum absolute atomic E-state index is 0.0301. The first-order chi connectivity index (χ1) is 15.7. The molecule has 3 aromatic rings. The van der Waals surface area contributed by atoms with E-state index in [4.69, 9.17) is 10.5 Å².